The maximum Gasteiger partial charge on any atom is 0.292 e. The molecule has 1 fully saturated rings. The maximum absolute atomic E-state index is 12.5. The second-order valence-electron chi connectivity index (χ2n) is 5.83. The van der Waals surface area contributed by atoms with Crippen molar-refractivity contribution < 1.29 is 0 Å². The van der Waals surface area contributed by atoms with Crippen LogP contribution in [0.25, 0.3) is 5.69 Å². The van der Waals surface area contributed by atoms with Gasteiger partial charge in [-0.3, -0.25) is 4.79 Å². The molecule has 0 N–H and O–H groups in total. The Balaban J connectivity index is 2.03. The van der Waals surface area contributed by atoms with Gasteiger partial charge in [0.05, 0.1) is 17.6 Å². The van der Waals surface area contributed by atoms with Crippen molar-refractivity contribution in [1.29, 1.82) is 0 Å². The highest BCUT2D eigenvalue weighted by atomic mass is 35.5. The Kier molecular flexibility index (Phi) is 4.15. The van der Waals surface area contributed by atoms with E-state index in [-0.39, 0.29) is 10.6 Å². The maximum atomic E-state index is 12.5. The largest absolute Gasteiger partial charge is 0.369 e. The minimum atomic E-state index is -0.321. The molecule has 2 aromatic rings. The Labute approximate surface area is 139 Å². The predicted octanol–water partition coefficient (Wildman–Crippen LogP) is 3.69. The molecule has 2 heterocycles. The lowest BCUT2D eigenvalue weighted by molar-refractivity contribution is 0.659. The van der Waals surface area contributed by atoms with E-state index >= 15 is 0 Å². The number of benzene rings is 1. The van der Waals surface area contributed by atoms with Gasteiger partial charge >= 0.3 is 0 Å². The standard InChI is InChI=1S/C16H17Cl2N3O/c1-10-5-6-20(9-10)14-8-19-21(16(22)15(14)18)12-4-3-11(2)13(17)7-12/h3-4,7-8,10H,5-6,9H2,1-2H3. The molecule has 1 saturated heterocycles. The highest BCUT2D eigenvalue weighted by Crippen LogP contribution is 2.27. The van der Waals surface area contributed by atoms with E-state index in [1.54, 1.807) is 12.3 Å². The zero-order valence-electron chi connectivity index (χ0n) is 12.5. The summed E-state index contributed by atoms with van der Waals surface area (Å²) in [6.45, 7) is 5.91. The van der Waals surface area contributed by atoms with Gasteiger partial charge in [0.15, 0.2) is 0 Å². The van der Waals surface area contributed by atoms with E-state index < -0.39 is 0 Å². The van der Waals surface area contributed by atoms with Crippen molar-refractivity contribution in [1.82, 2.24) is 9.78 Å². The topological polar surface area (TPSA) is 38.1 Å². The molecule has 1 aromatic carbocycles. The number of hydrogen-bond donors (Lipinski definition) is 0. The molecule has 22 heavy (non-hydrogen) atoms. The van der Waals surface area contributed by atoms with Crippen molar-refractivity contribution in [2.24, 2.45) is 5.92 Å². The summed E-state index contributed by atoms with van der Waals surface area (Å²) >= 11 is 12.4. The van der Waals surface area contributed by atoms with E-state index in [0.29, 0.717) is 22.3 Å². The predicted molar refractivity (Wildman–Crippen MR) is 90.6 cm³/mol. The Morgan fingerprint density at radius 3 is 2.73 bits per heavy atom. The third-order valence-corrected chi connectivity index (χ3v) is 4.83. The summed E-state index contributed by atoms with van der Waals surface area (Å²) in [6, 6.07) is 5.39. The smallest absolute Gasteiger partial charge is 0.292 e. The second-order valence-corrected chi connectivity index (χ2v) is 6.62. The quantitative estimate of drug-likeness (QED) is 0.838. The monoisotopic (exact) mass is 337 g/mol. The molecule has 1 aromatic heterocycles. The first-order valence-electron chi connectivity index (χ1n) is 7.26. The van der Waals surface area contributed by atoms with Gasteiger partial charge in [0, 0.05) is 18.1 Å². The van der Waals surface area contributed by atoms with E-state index in [2.05, 4.69) is 16.9 Å². The molecule has 1 aliphatic heterocycles. The van der Waals surface area contributed by atoms with Crippen molar-refractivity contribution >= 4 is 28.9 Å². The SMILES string of the molecule is Cc1ccc(-n2ncc(N3CCC(C)C3)c(Cl)c2=O)cc1Cl. The average Bonchev–Trinajstić information content (AvgIpc) is 2.91. The van der Waals surface area contributed by atoms with Gasteiger partial charge in [-0.2, -0.15) is 9.78 Å². The van der Waals surface area contributed by atoms with Crippen molar-refractivity contribution in [3.8, 4) is 5.69 Å². The highest BCUT2D eigenvalue weighted by molar-refractivity contribution is 6.33. The number of hydrogen-bond acceptors (Lipinski definition) is 3. The zero-order chi connectivity index (χ0) is 15.9. The first-order chi connectivity index (χ1) is 10.5. The summed E-state index contributed by atoms with van der Waals surface area (Å²) < 4.78 is 1.29. The molecule has 0 aliphatic carbocycles. The van der Waals surface area contributed by atoms with Gasteiger partial charge < -0.3 is 4.90 Å². The van der Waals surface area contributed by atoms with Crippen LogP contribution < -0.4 is 10.5 Å². The van der Waals surface area contributed by atoms with Crippen molar-refractivity contribution in [2.45, 2.75) is 20.3 Å². The Hall–Kier alpha value is -1.52. The van der Waals surface area contributed by atoms with Crippen molar-refractivity contribution in [3.05, 3.63) is 50.4 Å². The molecule has 0 radical (unpaired) electrons. The first-order valence-corrected chi connectivity index (χ1v) is 8.02. The van der Waals surface area contributed by atoms with Gasteiger partial charge in [0.2, 0.25) is 0 Å². The Morgan fingerprint density at radius 1 is 1.32 bits per heavy atom. The fourth-order valence-electron chi connectivity index (χ4n) is 2.70. The van der Waals surface area contributed by atoms with Crippen LogP contribution in [0.2, 0.25) is 10.0 Å². The molecule has 1 unspecified atom stereocenters. The molecule has 0 saturated carbocycles. The van der Waals surface area contributed by atoms with Gasteiger partial charge in [-0.1, -0.05) is 36.2 Å². The molecule has 1 atom stereocenters. The summed E-state index contributed by atoms with van der Waals surface area (Å²) in [6.07, 6.45) is 2.77. The van der Waals surface area contributed by atoms with Gasteiger partial charge in [0.25, 0.3) is 5.56 Å². The van der Waals surface area contributed by atoms with Crippen molar-refractivity contribution in [3.63, 3.8) is 0 Å². The number of halogens is 2. The van der Waals surface area contributed by atoms with Crippen LogP contribution in [0.5, 0.6) is 0 Å². The highest BCUT2D eigenvalue weighted by Gasteiger charge is 2.23. The number of rotatable bonds is 2. The van der Waals surface area contributed by atoms with Gasteiger partial charge in [0.1, 0.15) is 5.02 Å². The van der Waals surface area contributed by atoms with Crippen LogP contribution in [0.3, 0.4) is 0 Å². The first kappa shape index (κ1) is 15.4. The summed E-state index contributed by atoms with van der Waals surface area (Å²) in [7, 11) is 0. The third kappa shape index (κ3) is 2.73. The minimum absolute atomic E-state index is 0.209. The molecule has 4 nitrogen and oxygen atoms in total. The van der Waals surface area contributed by atoms with E-state index in [1.807, 2.05) is 19.1 Å². The van der Waals surface area contributed by atoms with Crippen LogP contribution in [-0.2, 0) is 0 Å². The summed E-state index contributed by atoms with van der Waals surface area (Å²) in [4.78, 5) is 14.6. The lowest BCUT2D eigenvalue weighted by atomic mass is 10.2. The third-order valence-electron chi connectivity index (χ3n) is 4.07. The molecular weight excluding hydrogens is 321 g/mol. The number of aryl methyl sites for hydroxylation is 1. The minimum Gasteiger partial charge on any atom is -0.369 e. The Morgan fingerprint density at radius 2 is 2.09 bits per heavy atom. The lowest BCUT2D eigenvalue weighted by Gasteiger charge is -2.19. The summed E-state index contributed by atoms with van der Waals surface area (Å²) in [5.41, 5.74) is 1.96. The second kappa shape index (κ2) is 5.94. The number of aromatic nitrogens is 2. The van der Waals surface area contributed by atoms with Gasteiger partial charge in [-0.15, -0.1) is 0 Å². The van der Waals surface area contributed by atoms with E-state index in [1.165, 1.54) is 4.68 Å². The fourth-order valence-corrected chi connectivity index (χ4v) is 3.12. The molecule has 0 bridgehead atoms. The van der Waals surface area contributed by atoms with E-state index in [0.717, 1.165) is 25.1 Å². The van der Waals surface area contributed by atoms with Gasteiger partial charge in [-0.25, -0.2) is 0 Å². The molecule has 1 aliphatic rings. The zero-order valence-corrected chi connectivity index (χ0v) is 14.0. The molecule has 6 heteroatoms. The van der Waals surface area contributed by atoms with Gasteiger partial charge in [-0.05, 0) is 37.0 Å². The number of nitrogens with zero attached hydrogens (tertiary/aromatic N) is 3. The fraction of sp³-hybridized carbons (Fsp3) is 0.375. The van der Waals surface area contributed by atoms with Crippen LogP contribution in [0.4, 0.5) is 5.69 Å². The van der Waals surface area contributed by atoms with Crippen LogP contribution in [0.1, 0.15) is 18.9 Å². The molecule has 3 rings (SSSR count). The average molecular weight is 338 g/mol. The van der Waals surface area contributed by atoms with Crippen LogP contribution in [-0.4, -0.2) is 22.9 Å². The number of anilines is 1. The molecule has 0 spiro atoms. The molecule has 0 amide bonds. The Bertz CT molecular complexity index is 772. The summed E-state index contributed by atoms with van der Waals surface area (Å²) in [5, 5.41) is 5.08. The van der Waals surface area contributed by atoms with Crippen molar-refractivity contribution in [2.75, 3.05) is 18.0 Å². The van der Waals surface area contributed by atoms with E-state index in [9.17, 15) is 4.79 Å². The molecular formula is C16H17Cl2N3O. The van der Waals surface area contributed by atoms with Crippen LogP contribution >= 0.6 is 23.2 Å². The van der Waals surface area contributed by atoms with Crippen LogP contribution in [0, 0.1) is 12.8 Å². The summed E-state index contributed by atoms with van der Waals surface area (Å²) in [5.74, 6) is 0.606. The normalized spacial score (nSPS) is 18.0. The lowest BCUT2D eigenvalue weighted by Crippen LogP contribution is -2.27. The molecule has 116 valence electrons. The van der Waals surface area contributed by atoms with Crippen LogP contribution in [0.15, 0.2) is 29.2 Å². The van der Waals surface area contributed by atoms with E-state index in [4.69, 9.17) is 23.2 Å².